The lowest BCUT2D eigenvalue weighted by Gasteiger charge is -2.34. The minimum atomic E-state index is -1.57. The molecule has 0 unspecified atom stereocenters. The number of rotatable bonds is 4. The van der Waals surface area contributed by atoms with Crippen LogP contribution in [-0.4, -0.2) is 41.7 Å². The van der Waals surface area contributed by atoms with E-state index in [2.05, 4.69) is 0 Å². The number of hydrogen-bond acceptors (Lipinski definition) is 7. The van der Waals surface area contributed by atoms with Gasteiger partial charge in [0.1, 0.15) is 0 Å². The Bertz CT molecular complexity index is 958. The molecule has 0 spiro atoms. The number of amides is 2. The summed E-state index contributed by atoms with van der Waals surface area (Å²) in [5.74, 6) is -4.22. The number of anilines is 1. The molecule has 4 atom stereocenters. The zero-order chi connectivity index (χ0) is 21.1. The third-order valence-corrected chi connectivity index (χ3v) is 5.64. The standard InChI is InChI=1S/C20H18ClNO7/c1-9-4-5-12(21)8-13(9)22-17(25)15-14-6-7-20(29-14,16(15)18(22)26)19(27-10(2)23)28-11(3)24/h4-8,14-16,19H,1-3H3/t14-,15+,16-,20-/m0/s1. The molecular formula is C20H18ClNO7. The Balaban J connectivity index is 1.77. The lowest BCUT2D eigenvalue weighted by molar-refractivity contribution is -0.226. The SMILES string of the molecule is CC(=O)OC(OC(C)=O)[C@@]12C=C[C@H](O1)[C@H]1C(=O)N(c3cc(Cl)ccc3C)C(=O)[C@H]12. The maximum absolute atomic E-state index is 13.4. The van der Waals surface area contributed by atoms with Gasteiger partial charge in [-0.05, 0) is 30.7 Å². The van der Waals surface area contributed by atoms with E-state index in [-0.39, 0.29) is 0 Å². The fraction of sp³-hybridized carbons (Fsp3) is 0.400. The Morgan fingerprint density at radius 3 is 2.45 bits per heavy atom. The zero-order valence-corrected chi connectivity index (χ0v) is 16.6. The minimum absolute atomic E-state index is 0.382. The molecule has 0 aromatic heterocycles. The number of aryl methyl sites for hydroxylation is 1. The molecule has 1 aromatic carbocycles. The minimum Gasteiger partial charge on any atom is -0.422 e. The molecule has 1 aromatic rings. The van der Waals surface area contributed by atoms with Gasteiger partial charge in [-0.1, -0.05) is 23.7 Å². The highest BCUT2D eigenvalue weighted by Crippen LogP contribution is 2.55. The van der Waals surface area contributed by atoms with E-state index in [1.165, 1.54) is 6.08 Å². The van der Waals surface area contributed by atoms with Gasteiger partial charge in [-0.2, -0.15) is 0 Å². The number of imide groups is 1. The Labute approximate surface area is 171 Å². The fourth-order valence-corrected chi connectivity index (χ4v) is 4.44. The van der Waals surface area contributed by atoms with E-state index >= 15 is 0 Å². The van der Waals surface area contributed by atoms with E-state index in [0.717, 1.165) is 18.7 Å². The molecule has 9 heteroatoms. The summed E-state index contributed by atoms with van der Waals surface area (Å²) in [6, 6.07) is 4.93. The molecule has 152 valence electrons. The van der Waals surface area contributed by atoms with Crippen LogP contribution in [0, 0.1) is 18.8 Å². The number of ether oxygens (including phenoxy) is 3. The number of esters is 2. The van der Waals surface area contributed by atoms with Gasteiger partial charge in [0.05, 0.1) is 23.6 Å². The van der Waals surface area contributed by atoms with Gasteiger partial charge in [0.25, 0.3) is 6.29 Å². The van der Waals surface area contributed by atoms with E-state index in [0.29, 0.717) is 16.3 Å². The second-order valence-corrected chi connectivity index (χ2v) is 7.73. The van der Waals surface area contributed by atoms with Crippen LogP contribution in [0.1, 0.15) is 19.4 Å². The summed E-state index contributed by atoms with van der Waals surface area (Å²) in [6.45, 7) is 4.07. The molecule has 0 radical (unpaired) electrons. The van der Waals surface area contributed by atoms with Crippen LogP contribution in [0.5, 0.6) is 0 Å². The van der Waals surface area contributed by atoms with Gasteiger partial charge in [-0.15, -0.1) is 0 Å². The summed E-state index contributed by atoms with van der Waals surface area (Å²) in [7, 11) is 0. The summed E-state index contributed by atoms with van der Waals surface area (Å²) in [5, 5.41) is 0.382. The van der Waals surface area contributed by atoms with Crippen LogP contribution < -0.4 is 4.90 Å². The van der Waals surface area contributed by atoms with Crippen LogP contribution in [0.2, 0.25) is 5.02 Å². The highest BCUT2D eigenvalue weighted by atomic mass is 35.5. The van der Waals surface area contributed by atoms with Gasteiger partial charge in [0.15, 0.2) is 5.60 Å². The van der Waals surface area contributed by atoms with Crippen molar-refractivity contribution >= 4 is 41.0 Å². The Morgan fingerprint density at radius 1 is 1.17 bits per heavy atom. The topological polar surface area (TPSA) is 99.2 Å². The number of fused-ring (bicyclic) bond motifs is 5. The van der Waals surface area contributed by atoms with E-state index in [1.54, 1.807) is 31.2 Å². The smallest absolute Gasteiger partial charge is 0.305 e. The van der Waals surface area contributed by atoms with Crippen molar-refractivity contribution in [3.8, 4) is 0 Å². The molecule has 2 saturated heterocycles. The lowest BCUT2D eigenvalue weighted by atomic mass is 9.76. The molecule has 0 saturated carbocycles. The van der Waals surface area contributed by atoms with Gasteiger partial charge in [0, 0.05) is 18.9 Å². The molecular weight excluding hydrogens is 402 g/mol. The summed E-state index contributed by atoms with van der Waals surface area (Å²) in [4.78, 5) is 50.9. The highest BCUT2D eigenvalue weighted by Gasteiger charge is 2.72. The Morgan fingerprint density at radius 2 is 1.83 bits per heavy atom. The van der Waals surface area contributed by atoms with Gasteiger partial charge in [-0.3, -0.25) is 19.2 Å². The normalized spacial score (nSPS) is 29.6. The molecule has 3 heterocycles. The molecule has 4 rings (SSSR count). The van der Waals surface area contributed by atoms with Crippen LogP contribution in [0.4, 0.5) is 5.69 Å². The first-order valence-electron chi connectivity index (χ1n) is 9.01. The van der Waals surface area contributed by atoms with Crippen molar-refractivity contribution in [3.63, 3.8) is 0 Å². The molecule has 3 aliphatic rings. The van der Waals surface area contributed by atoms with Crippen molar-refractivity contribution in [3.05, 3.63) is 40.9 Å². The molecule has 0 aliphatic carbocycles. The van der Waals surface area contributed by atoms with Crippen LogP contribution >= 0.6 is 11.6 Å². The van der Waals surface area contributed by atoms with E-state index in [9.17, 15) is 19.2 Å². The molecule has 2 bridgehead atoms. The summed E-state index contributed by atoms with van der Waals surface area (Å²) < 4.78 is 16.3. The van der Waals surface area contributed by atoms with Crippen LogP contribution in [0.15, 0.2) is 30.4 Å². The van der Waals surface area contributed by atoms with Crippen LogP contribution in [0.3, 0.4) is 0 Å². The number of hydrogen-bond donors (Lipinski definition) is 0. The molecule has 2 amide bonds. The average Bonchev–Trinajstić information content (AvgIpc) is 3.27. The first-order valence-corrected chi connectivity index (χ1v) is 9.39. The van der Waals surface area contributed by atoms with Crippen LogP contribution in [0.25, 0.3) is 0 Å². The first-order chi connectivity index (χ1) is 13.7. The molecule has 3 aliphatic heterocycles. The molecule has 0 N–H and O–H groups in total. The highest BCUT2D eigenvalue weighted by molar-refractivity contribution is 6.31. The van der Waals surface area contributed by atoms with Crippen molar-refractivity contribution < 1.29 is 33.4 Å². The summed E-state index contributed by atoms with van der Waals surface area (Å²) >= 11 is 6.07. The third-order valence-electron chi connectivity index (χ3n) is 5.40. The number of carbonyl (C=O) groups excluding carboxylic acids is 4. The quantitative estimate of drug-likeness (QED) is 0.318. The van der Waals surface area contributed by atoms with Gasteiger partial charge in [0.2, 0.25) is 11.8 Å². The van der Waals surface area contributed by atoms with E-state index in [4.69, 9.17) is 25.8 Å². The largest absolute Gasteiger partial charge is 0.422 e. The maximum Gasteiger partial charge on any atom is 0.305 e. The van der Waals surface area contributed by atoms with Gasteiger partial charge in [-0.25, -0.2) is 4.90 Å². The fourth-order valence-electron chi connectivity index (χ4n) is 4.28. The number of halogens is 1. The van der Waals surface area contributed by atoms with Crippen molar-refractivity contribution in [2.45, 2.75) is 38.8 Å². The molecule has 8 nitrogen and oxygen atoms in total. The molecule has 2 fully saturated rings. The van der Waals surface area contributed by atoms with Crippen LogP contribution in [-0.2, 0) is 33.4 Å². The number of benzene rings is 1. The van der Waals surface area contributed by atoms with E-state index in [1.807, 2.05) is 0 Å². The van der Waals surface area contributed by atoms with Crippen molar-refractivity contribution in [1.29, 1.82) is 0 Å². The van der Waals surface area contributed by atoms with Crippen molar-refractivity contribution in [2.24, 2.45) is 11.8 Å². The average molecular weight is 420 g/mol. The third kappa shape index (κ3) is 2.86. The zero-order valence-electron chi connectivity index (χ0n) is 15.9. The second-order valence-electron chi connectivity index (χ2n) is 7.29. The second kappa shape index (κ2) is 6.67. The lowest BCUT2D eigenvalue weighted by Crippen LogP contribution is -2.52. The molecule has 29 heavy (non-hydrogen) atoms. The summed E-state index contributed by atoms with van der Waals surface area (Å²) in [5.41, 5.74) is -0.489. The maximum atomic E-state index is 13.4. The summed E-state index contributed by atoms with van der Waals surface area (Å²) in [6.07, 6.45) is 0.968. The van der Waals surface area contributed by atoms with Gasteiger partial charge >= 0.3 is 11.9 Å². The monoisotopic (exact) mass is 419 g/mol. The van der Waals surface area contributed by atoms with Crippen molar-refractivity contribution in [2.75, 3.05) is 4.90 Å². The van der Waals surface area contributed by atoms with Gasteiger partial charge < -0.3 is 14.2 Å². The predicted molar refractivity (Wildman–Crippen MR) is 99.7 cm³/mol. The Kier molecular flexibility index (Phi) is 4.51. The Hall–Kier alpha value is -2.71. The predicted octanol–water partition coefficient (Wildman–Crippen LogP) is 1.91. The number of nitrogens with zero attached hydrogens (tertiary/aromatic N) is 1. The van der Waals surface area contributed by atoms with E-state index < -0.39 is 53.6 Å². The first kappa shape index (κ1) is 19.6. The number of carbonyl (C=O) groups is 4. The van der Waals surface area contributed by atoms with Crippen molar-refractivity contribution in [1.82, 2.24) is 0 Å².